The molecule has 0 radical (unpaired) electrons. The van der Waals surface area contributed by atoms with Gasteiger partial charge in [-0.1, -0.05) is 37.3 Å². The molecule has 1 rings (SSSR count). The summed E-state index contributed by atoms with van der Waals surface area (Å²) in [5, 5.41) is 0. The maximum absolute atomic E-state index is 6.06. The third kappa shape index (κ3) is 4.02. The van der Waals surface area contributed by atoms with Gasteiger partial charge in [0.15, 0.2) is 0 Å². The summed E-state index contributed by atoms with van der Waals surface area (Å²) in [4.78, 5) is 0. The SMILES string of the molecule is CCC(OC)C(N)CCc1ccccc1. The lowest BCUT2D eigenvalue weighted by Gasteiger charge is -2.20. The molecule has 15 heavy (non-hydrogen) atoms. The number of methoxy groups -OCH3 is 1. The Morgan fingerprint density at radius 2 is 1.93 bits per heavy atom. The molecule has 1 aromatic rings. The molecule has 2 N–H and O–H groups in total. The lowest BCUT2D eigenvalue weighted by Crippen LogP contribution is -2.36. The van der Waals surface area contributed by atoms with Gasteiger partial charge in [-0.25, -0.2) is 0 Å². The maximum atomic E-state index is 6.06. The van der Waals surface area contributed by atoms with Crippen LogP contribution in [0.1, 0.15) is 25.3 Å². The van der Waals surface area contributed by atoms with Crippen LogP contribution >= 0.6 is 0 Å². The van der Waals surface area contributed by atoms with Gasteiger partial charge in [0, 0.05) is 13.2 Å². The molecule has 2 unspecified atom stereocenters. The highest BCUT2D eigenvalue weighted by Gasteiger charge is 2.14. The molecule has 0 fully saturated rings. The first kappa shape index (κ1) is 12.2. The van der Waals surface area contributed by atoms with Gasteiger partial charge in [0.05, 0.1) is 6.10 Å². The van der Waals surface area contributed by atoms with Crippen molar-refractivity contribution in [1.29, 1.82) is 0 Å². The fraction of sp³-hybridized carbons (Fsp3) is 0.538. The van der Waals surface area contributed by atoms with Crippen LogP contribution in [0.25, 0.3) is 0 Å². The zero-order valence-electron chi connectivity index (χ0n) is 9.65. The van der Waals surface area contributed by atoms with Gasteiger partial charge in [-0.3, -0.25) is 0 Å². The van der Waals surface area contributed by atoms with E-state index >= 15 is 0 Å². The number of ether oxygens (including phenoxy) is 1. The Morgan fingerprint density at radius 1 is 1.27 bits per heavy atom. The molecule has 0 amide bonds. The average Bonchev–Trinajstić information content (AvgIpc) is 2.29. The van der Waals surface area contributed by atoms with Gasteiger partial charge in [0.1, 0.15) is 0 Å². The van der Waals surface area contributed by atoms with E-state index in [1.165, 1.54) is 5.56 Å². The molecule has 0 aromatic heterocycles. The average molecular weight is 207 g/mol. The molecule has 2 heteroatoms. The first-order valence-electron chi connectivity index (χ1n) is 5.60. The molecular formula is C13H21NO. The second-order valence-electron chi connectivity index (χ2n) is 3.87. The Morgan fingerprint density at radius 3 is 2.47 bits per heavy atom. The third-order valence-electron chi connectivity index (χ3n) is 2.79. The Balaban J connectivity index is 2.36. The summed E-state index contributed by atoms with van der Waals surface area (Å²) in [6.07, 6.45) is 3.18. The molecule has 1 aromatic carbocycles. The highest BCUT2D eigenvalue weighted by Crippen LogP contribution is 2.09. The molecule has 2 nitrogen and oxygen atoms in total. The van der Waals surface area contributed by atoms with Crippen LogP contribution in [-0.4, -0.2) is 19.3 Å². The van der Waals surface area contributed by atoms with Gasteiger partial charge in [-0.05, 0) is 24.8 Å². The zero-order chi connectivity index (χ0) is 11.1. The molecule has 2 atom stereocenters. The van der Waals surface area contributed by atoms with Crippen molar-refractivity contribution in [3.8, 4) is 0 Å². The predicted molar refractivity (Wildman–Crippen MR) is 63.8 cm³/mol. The van der Waals surface area contributed by atoms with E-state index in [0.717, 1.165) is 19.3 Å². The highest BCUT2D eigenvalue weighted by atomic mass is 16.5. The molecule has 0 heterocycles. The zero-order valence-corrected chi connectivity index (χ0v) is 9.65. The van der Waals surface area contributed by atoms with Crippen LogP contribution in [0.15, 0.2) is 30.3 Å². The van der Waals surface area contributed by atoms with Crippen LogP contribution < -0.4 is 5.73 Å². The quantitative estimate of drug-likeness (QED) is 0.777. The van der Waals surface area contributed by atoms with Crippen LogP contribution in [0.2, 0.25) is 0 Å². The topological polar surface area (TPSA) is 35.2 Å². The summed E-state index contributed by atoms with van der Waals surface area (Å²) in [6, 6.07) is 10.6. The first-order chi connectivity index (χ1) is 7.27. The van der Waals surface area contributed by atoms with Gasteiger partial charge in [-0.2, -0.15) is 0 Å². The molecule has 0 spiro atoms. The summed E-state index contributed by atoms with van der Waals surface area (Å²) >= 11 is 0. The minimum absolute atomic E-state index is 0.139. The van der Waals surface area contributed by atoms with Crippen LogP contribution in [0.5, 0.6) is 0 Å². The van der Waals surface area contributed by atoms with E-state index in [2.05, 4.69) is 31.2 Å². The Bertz CT molecular complexity index is 256. The molecular weight excluding hydrogens is 186 g/mol. The summed E-state index contributed by atoms with van der Waals surface area (Å²) in [5.41, 5.74) is 7.41. The normalized spacial score (nSPS) is 14.9. The highest BCUT2D eigenvalue weighted by molar-refractivity contribution is 5.14. The van der Waals surface area contributed by atoms with Gasteiger partial charge < -0.3 is 10.5 Å². The van der Waals surface area contributed by atoms with Crippen molar-refractivity contribution >= 4 is 0 Å². The Kier molecular flexibility index (Phi) is 5.37. The summed E-state index contributed by atoms with van der Waals surface area (Å²) < 4.78 is 5.32. The van der Waals surface area contributed by atoms with E-state index in [4.69, 9.17) is 10.5 Å². The van der Waals surface area contributed by atoms with Crippen LogP contribution in [0, 0.1) is 0 Å². The van der Waals surface area contributed by atoms with Gasteiger partial charge in [-0.15, -0.1) is 0 Å². The molecule has 0 bridgehead atoms. The van der Waals surface area contributed by atoms with E-state index < -0.39 is 0 Å². The molecule has 0 saturated heterocycles. The standard InChI is InChI=1S/C13H21NO/c1-3-13(15-2)12(14)10-9-11-7-5-4-6-8-11/h4-8,12-13H,3,9-10,14H2,1-2H3. The van der Waals surface area contributed by atoms with Gasteiger partial charge >= 0.3 is 0 Å². The number of rotatable bonds is 6. The predicted octanol–water partition coefficient (Wildman–Crippen LogP) is 2.37. The number of hydrogen-bond donors (Lipinski definition) is 1. The van der Waals surface area contributed by atoms with E-state index in [1.807, 2.05) is 6.07 Å². The minimum atomic E-state index is 0.139. The fourth-order valence-electron chi connectivity index (χ4n) is 1.81. The van der Waals surface area contributed by atoms with Gasteiger partial charge in [0.25, 0.3) is 0 Å². The van der Waals surface area contributed by atoms with E-state index in [0.29, 0.717) is 0 Å². The van der Waals surface area contributed by atoms with E-state index in [-0.39, 0.29) is 12.1 Å². The second-order valence-corrected chi connectivity index (χ2v) is 3.87. The third-order valence-corrected chi connectivity index (χ3v) is 2.79. The van der Waals surface area contributed by atoms with Crippen molar-refractivity contribution in [2.75, 3.05) is 7.11 Å². The summed E-state index contributed by atoms with van der Waals surface area (Å²) in [6.45, 7) is 2.11. The first-order valence-corrected chi connectivity index (χ1v) is 5.60. The van der Waals surface area contributed by atoms with Crippen molar-refractivity contribution < 1.29 is 4.74 Å². The maximum Gasteiger partial charge on any atom is 0.0719 e. The Hall–Kier alpha value is -0.860. The lowest BCUT2D eigenvalue weighted by atomic mass is 10.0. The van der Waals surface area contributed by atoms with E-state index in [9.17, 15) is 0 Å². The van der Waals surface area contributed by atoms with Crippen LogP contribution in [-0.2, 0) is 11.2 Å². The minimum Gasteiger partial charge on any atom is -0.380 e. The molecule has 0 aliphatic carbocycles. The van der Waals surface area contributed by atoms with Crippen molar-refractivity contribution in [3.05, 3.63) is 35.9 Å². The molecule has 0 aliphatic rings. The summed E-state index contributed by atoms with van der Waals surface area (Å²) in [7, 11) is 1.73. The number of benzene rings is 1. The van der Waals surface area contributed by atoms with Gasteiger partial charge in [0.2, 0.25) is 0 Å². The summed E-state index contributed by atoms with van der Waals surface area (Å²) in [5.74, 6) is 0. The van der Waals surface area contributed by atoms with Crippen molar-refractivity contribution in [3.63, 3.8) is 0 Å². The fourth-order valence-corrected chi connectivity index (χ4v) is 1.81. The van der Waals surface area contributed by atoms with E-state index in [1.54, 1.807) is 7.11 Å². The van der Waals surface area contributed by atoms with Crippen molar-refractivity contribution in [1.82, 2.24) is 0 Å². The monoisotopic (exact) mass is 207 g/mol. The Labute approximate surface area is 92.4 Å². The largest absolute Gasteiger partial charge is 0.380 e. The smallest absolute Gasteiger partial charge is 0.0719 e. The second kappa shape index (κ2) is 6.59. The van der Waals surface area contributed by atoms with Crippen LogP contribution in [0.4, 0.5) is 0 Å². The number of nitrogens with two attached hydrogens (primary N) is 1. The number of aryl methyl sites for hydroxylation is 1. The molecule has 0 aliphatic heterocycles. The molecule has 0 saturated carbocycles. The van der Waals surface area contributed by atoms with Crippen LogP contribution in [0.3, 0.4) is 0 Å². The molecule has 84 valence electrons. The van der Waals surface area contributed by atoms with Crippen molar-refractivity contribution in [2.24, 2.45) is 5.73 Å². The van der Waals surface area contributed by atoms with Crippen molar-refractivity contribution in [2.45, 2.75) is 38.3 Å². The lowest BCUT2D eigenvalue weighted by molar-refractivity contribution is 0.0749. The number of hydrogen-bond acceptors (Lipinski definition) is 2.